The minimum absolute atomic E-state index is 0.00153. The van der Waals surface area contributed by atoms with Crippen LogP contribution in [0.4, 0.5) is 13.2 Å². The number of hydrogen-bond acceptors (Lipinski definition) is 5. The van der Waals surface area contributed by atoms with E-state index in [0.29, 0.717) is 17.1 Å². The van der Waals surface area contributed by atoms with Gasteiger partial charge in [-0.05, 0) is 12.1 Å². The lowest BCUT2D eigenvalue weighted by molar-refractivity contribution is -0.136. The van der Waals surface area contributed by atoms with Crippen LogP contribution in [0.15, 0.2) is 30.5 Å². The molecule has 0 bridgehead atoms. The van der Waals surface area contributed by atoms with Crippen molar-refractivity contribution < 1.29 is 27.4 Å². The Morgan fingerprint density at radius 1 is 1.21 bits per heavy atom. The largest absolute Gasteiger partial charge is 0.497 e. The van der Waals surface area contributed by atoms with Gasteiger partial charge in [0.15, 0.2) is 11.5 Å². The first-order chi connectivity index (χ1) is 13.7. The van der Waals surface area contributed by atoms with Gasteiger partial charge < -0.3 is 14.8 Å². The minimum atomic E-state index is -4.63. The second-order valence-corrected chi connectivity index (χ2v) is 6.45. The van der Waals surface area contributed by atoms with Crippen molar-refractivity contribution in [1.82, 2.24) is 19.9 Å². The Hall–Kier alpha value is -3.01. The van der Waals surface area contributed by atoms with Crippen LogP contribution in [0, 0.1) is 0 Å². The van der Waals surface area contributed by atoms with Gasteiger partial charge in [-0.1, -0.05) is 17.7 Å². The summed E-state index contributed by atoms with van der Waals surface area (Å²) in [7, 11) is 2.99. The second kappa shape index (κ2) is 8.16. The number of carbonyl (C=O) groups excluding carboxylic acids is 1. The SMILES string of the molecule is COc1ccc(CC(=O)NCc2nnc3c(C(F)(F)F)cc(Cl)cn23)c(OC)c1. The number of rotatable bonds is 6. The fourth-order valence-electron chi connectivity index (χ4n) is 2.75. The number of fused-ring (bicyclic) bond motifs is 1. The first-order valence-electron chi connectivity index (χ1n) is 8.31. The maximum atomic E-state index is 13.2. The summed E-state index contributed by atoms with van der Waals surface area (Å²) in [5.74, 6) is 0.804. The van der Waals surface area contributed by atoms with Crippen molar-refractivity contribution in [3.8, 4) is 11.5 Å². The molecular weight excluding hydrogens is 413 g/mol. The van der Waals surface area contributed by atoms with Crippen molar-refractivity contribution in [2.24, 2.45) is 0 Å². The third kappa shape index (κ3) is 4.53. The molecule has 2 heterocycles. The standard InChI is InChI=1S/C18H16ClF3N4O3/c1-28-12-4-3-10(14(7-12)29-2)5-16(27)23-8-15-24-25-17-13(18(20,21)22)6-11(19)9-26(15)17/h3-4,6-7,9H,5,8H2,1-2H3,(H,23,27). The summed E-state index contributed by atoms with van der Waals surface area (Å²) in [4.78, 5) is 12.3. The smallest absolute Gasteiger partial charge is 0.420 e. The van der Waals surface area contributed by atoms with Gasteiger partial charge in [0, 0.05) is 17.8 Å². The van der Waals surface area contributed by atoms with Crippen molar-refractivity contribution in [3.05, 3.63) is 52.4 Å². The Morgan fingerprint density at radius 3 is 2.62 bits per heavy atom. The van der Waals surface area contributed by atoms with Gasteiger partial charge in [-0.3, -0.25) is 9.20 Å². The summed E-state index contributed by atoms with van der Waals surface area (Å²) in [6.45, 7) is -0.129. The van der Waals surface area contributed by atoms with Crippen LogP contribution in [-0.2, 0) is 23.9 Å². The first kappa shape index (κ1) is 20.7. The fraction of sp³-hybridized carbons (Fsp3) is 0.278. The van der Waals surface area contributed by atoms with Crippen LogP contribution in [-0.4, -0.2) is 34.7 Å². The van der Waals surface area contributed by atoms with E-state index in [2.05, 4.69) is 15.5 Å². The van der Waals surface area contributed by atoms with E-state index in [1.54, 1.807) is 18.2 Å². The average Bonchev–Trinajstić information content (AvgIpc) is 3.07. The number of carbonyl (C=O) groups is 1. The summed E-state index contributed by atoms with van der Waals surface area (Å²) >= 11 is 5.80. The molecular formula is C18H16ClF3N4O3. The van der Waals surface area contributed by atoms with Gasteiger partial charge in [-0.2, -0.15) is 13.2 Å². The van der Waals surface area contributed by atoms with Gasteiger partial charge in [-0.15, -0.1) is 10.2 Å². The molecule has 11 heteroatoms. The number of benzene rings is 1. The fourth-order valence-corrected chi connectivity index (χ4v) is 2.95. The summed E-state index contributed by atoms with van der Waals surface area (Å²) < 4.78 is 50.9. The molecule has 2 aromatic heterocycles. The van der Waals surface area contributed by atoms with Crippen LogP contribution in [0.1, 0.15) is 17.0 Å². The number of hydrogen-bond donors (Lipinski definition) is 1. The highest BCUT2D eigenvalue weighted by molar-refractivity contribution is 6.30. The van der Waals surface area contributed by atoms with Crippen molar-refractivity contribution >= 4 is 23.2 Å². The van der Waals surface area contributed by atoms with E-state index in [-0.39, 0.29) is 35.4 Å². The zero-order valence-electron chi connectivity index (χ0n) is 15.4. The maximum absolute atomic E-state index is 13.2. The molecule has 0 unspecified atom stereocenters. The maximum Gasteiger partial charge on any atom is 0.420 e. The lowest BCUT2D eigenvalue weighted by Crippen LogP contribution is -2.25. The van der Waals surface area contributed by atoms with Crippen LogP contribution >= 0.6 is 11.6 Å². The molecule has 0 aliphatic heterocycles. The van der Waals surface area contributed by atoms with Crippen LogP contribution in [0.5, 0.6) is 11.5 Å². The number of methoxy groups -OCH3 is 2. The quantitative estimate of drug-likeness (QED) is 0.652. The summed E-state index contributed by atoms with van der Waals surface area (Å²) in [6.07, 6.45) is -3.37. The molecule has 3 aromatic rings. The molecule has 0 aliphatic carbocycles. The second-order valence-electron chi connectivity index (χ2n) is 6.01. The number of alkyl halides is 3. The van der Waals surface area contributed by atoms with Crippen molar-refractivity contribution in [2.45, 2.75) is 19.1 Å². The molecule has 3 rings (SSSR count). The number of aromatic nitrogens is 3. The molecule has 0 saturated carbocycles. The lowest BCUT2D eigenvalue weighted by atomic mass is 10.1. The Bertz CT molecular complexity index is 1050. The van der Waals surface area contributed by atoms with Gasteiger partial charge in [0.2, 0.25) is 5.91 Å². The number of nitrogens with one attached hydrogen (secondary N) is 1. The monoisotopic (exact) mass is 428 g/mol. The van der Waals surface area contributed by atoms with Crippen LogP contribution < -0.4 is 14.8 Å². The lowest BCUT2D eigenvalue weighted by Gasteiger charge is -2.11. The van der Waals surface area contributed by atoms with Crippen molar-refractivity contribution in [3.63, 3.8) is 0 Å². The Kier molecular flexibility index (Phi) is 5.83. The molecule has 154 valence electrons. The summed E-state index contributed by atoms with van der Waals surface area (Å²) in [5.41, 5.74) is -0.764. The molecule has 0 spiro atoms. The number of halogens is 4. The molecule has 1 amide bonds. The number of ether oxygens (including phenoxy) is 2. The topological polar surface area (TPSA) is 77.8 Å². The number of nitrogens with zero attached hydrogens (tertiary/aromatic N) is 3. The zero-order chi connectivity index (χ0) is 21.2. The molecule has 0 radical (unpaired) electrons. The predicted molar refractivity (Wildman–Crippen MR) is 98.1 cm³/mol. The summed E-state index contributed by atoms with van der Waals surface area (Å²) in [6, 6.07) is 5.82. The Balaban J connectivity index is 1.76. The summed E-state index contributed by atoms with van der Waals surface area (Å²) in [5, 5.41) is 9.81. The normalized spacial score (nSPS) is 11.5. The molecule has 7 nitrogen and oxygen atoms in total. The predicted octanol–water partition coefficient (Wildman–Crippen LogP) is 3.28. The third-order valence-electron chi connectivity index (χ3n) is 4.14. The van der Waals surface area contributed by atoms with Crippen LogP contribution in [0.25, 0.3) is 5.65 Å². The van der Waals surface area contributed by atoms with Crippen LogP contribution in [0.2, 0.25) is 5.02 Å². The van der Waals surface area contributed by atoms with E-state index in [0.717, 1.165) is 10.5 Å². The molecule has 29 heavy (non-hydrogen) atoms. The zero-order valence-corrected chi connectivity index (χ0v) is 16.1. The highest BCUT2D eigenvalue weighted by Crippen LogP contribution is 2.33. The van der Waals surface area contributed by atoms with Crippen LogP contribution in [0.3, 0.4) is 0 Å². The minimum Gasteiger partial charge on any atom is -0.497 e. The molecule has 0 fully saturated rings. The number of amides is 1. The average molecular weight is 429 g/mol. The van der Waals surface area contributed by atoms with Gasteiger partial charge in [0.25, 0.3) is 0 Å². The Labute approximate surface area is 168 Å². The van der Waals surface area contributed by atoms with Gasteiger partial charge >= 0.3 is 6.18 Å². The van der Waals surface area contributed by atoms with Gasteiger partial charge in [-0.25, -0.2) is 0 Å². The van der Waals surface area contributed by atoms with E-state index in [4.69, 9.17) is 21.1 Å². The van der Waals surface area contributed by atoms with E-state index >= 15 is 0 Å². The Morgan fingerprint density at radius 2 is 1.97 bits per heavy atom. The van der Waals surface area contributed by atoms with Crippen molar-refractivity contribution in [2.75, 3.05) is 14.2 Å². The van der Waals surface area contributed by atoms with E-state index in [9.17, 15) is 18.0 Å². The molecule has 0 aliphatic rings. The molecule has 0 saturated heterocycles. The first-order valence-corrected chi connectivity index (χ1v) is 8.68. The van der Waals surface area contributed by atoms with Crippen molar-refractivity contribution in [1.29, 1.82) is 0 Å². The number of pyridine rings is 1. The van der Waals surface area contributed by atoms with E-state index in [1.165, 1.54) is 20.4 Å². The highest BCUT2D eigenvalue weighted by Gasteiger charge is 2.35. The van der Waals surface area contributed by atoms with Gasteiger partial charge in [0.05, 0.1) is 32.2 Å². The van der Waals surface area contributed by atoms with Gasteiger partial charge in [0.1, 0.15) is 17.1 Å². The molecule has 1 aromatic carbocycles. The van der Waals surface area contributed by atoms with E-state index in [1.807, 2.05) is 0 Å². The molecule has 0 atom stereocenters. The third-order valence-corrected chi connectivity index (χ3v) is 4.34. The van der Waals surface area contributed by atoms with E-state index < -0.39 is 11.7 Å². The molecule has 1 N–H and O–H groups in total. The highest BCUT2D eigenvalue weighted by atomic mass is 35.5.